The van der Waals surface area contributed by atoms with E-state index in [1.54, 1.807) is 30.3 Å². The molecule has 1 rings (SSSR count). The number of halogens is 6. The molecule has 26 heavy (non-hydrogen) atoms. The summed E-state index contributed by atoms with van der Waals surface area (Å²) in [5.41, 5.74) is 5.88. The van der Waals surface area contributed by atoms with Crippen molar-refractivity contribution in [2.45, 2.75) is 31.4 Å². The van der Waals surface area contributed by atoms with Gasteiger partial charge < -0.3 is 15.9 Å². The lowest BCUT2D eigenvalue weighted by molar-refractivity contribution is -0.192. The number of amides is 1. The topological polar surface area (TPSA) is 104 Å². The van der Waals surface area contributed by atoms with Gasteiger partial charge in [0.05, 0.1) is 12.5 Å². The van der Waals surface area contributed by atoms with Gasteiger partial charge in [-0.2, -0.15) is 26.3 Å². The molecule has 6 nitrogen and oxygen atoms in total. The summed E-state index contributed by atoms with van der Waals surface area (Å²) in [4.78, 5) is 20.7. The molecule has 0 saturated carbocycles. The van der Waals surface area contributed by atoms with Crippen LogP contribution < -0.4 is 5.73 Å². The summed E-state index contributed by atoms with van der Waals surface area (Å²) in [6, 6.07) is 7.14. The minimum absolute atomic E-state index is 0.117. The van der Waals surface area contributed by atoms with E-state index in [-0.39, 0.29) is 13.1 Å². The van der Waals surface area contributed by atoms with Crippen LogP contribution >= 0.6 is 0 Å². The van der Waals surface area contributed by atoms with Gasteiger partial charge in [0.15, 0.2) is 0 Å². The highest BCUT2D eigenvalue weighted by Gasteiger charge is 2.38. The van der Waals surface area contributed by atoms with E-state index in [9.17, 15) is 31.1 Å². The average Bonchev–Trinajstić information content (AvgIpc) is 2.50. The van der Waals surface area contributed by atoms with Crippen LogP contribution in [0.3, 0.4) is 0 Å². The van der Waals surface area contributed by atoms with Crippen molar-refractivity contribution in [1.82, 2.24) is 4.90 Å². The van der Waals surface area contributed by atoms with Gasteiger partial charge in [0.1, 0.15) is 0 Å². The van der Waals surface area contributed by atoms with Crippen LogP contribution in [0.15, 0.2) is 30.3 Å². The summed E-state index contributed by atoms with van der Waals surface area (Å²) in [7, 11) is 0. The Labute approximate surface area is 143 Å². The molecule has 0 fully saturated rings. The Balaban J connectivity index is 0.000000758. The number of carbonyl (C=O) groups is 2. The molecule has 0 aliphatic rings. The Morgan fingerprint density at radius 2 is 1.50 bits per heavy atom. The van der Waals surface area contributed by atoms with Gasteiger partial charge in [0.25, 0.3) is 0 Å². The standard InChI is InChI=1S/C12H15F3N2O2.C2HF3O2/c13-12(14,15)6-10(7-16)17(11(18)19)8-9-4-2-1-3-5-9;3-2(4,5)1(6)7/h1-5,10H,6-8,16H2,(H,18,19);(H,6,7). The molecule has 0 heterocycles. The average molecular weight is 390 g/mol. The highest BCUT2D eigenvalue weighted by atomic mass is 19.4. The lowest BCUT2D eigenvalue weighted by Gasteiger charge is -2.29. The molecule has 1 unspecified atom stereocenters. The SMILES string of the molecule is NCC(CC(F)(F)F)N(Cc1ccccc1)C(=O)O.O=C(O)C(F)(F)F. The molecular weight excluding hydrogens is 374 g/mol. The van der Waals surface area contributed by atoms with Crippen molar-refractivity contribution >= 4 is 12.1 Å². The molecule has 0 aliphatic carbocycles. The van der Waals surface area contributed by atoms with Crippen LogP contribution in [0, 0.1) is 0 Å². The number of hydrogen-bond acceptors (Lipinski definition) is 3. The molecule has 1 aromatic rings. The Morgan fingerprint density at radius 3 is 1.81 bits per heavy atom. The fourth-order valence-corrected chi connectivity index (χ4v) is 1.72. The van der Waals surface area contributed by atoms with Crippen LogP contribution in [0.25, 0.3) is 0 Å². The number of benzene rings is 1. The lowest BCUT2D eigenvalue weighted by Crippen LogP contribution is -2.45. The van der Waals surface area contributed by atoms with Gasteiger partial charge in [-0.25, -0.2) is 9.59 Å². The maximum Gasteiger partial charge on any atom is 0.490 e. The smallest absolute Gasteiger partial charge is 0.475 e. The first-order chi connectivity index (χ1) is 11.8. The number of nitrogens with zero attached hydrogens (tertiary/aromatic N) is 1. The molecule has 0 aromatic heterocycles. The Morgan fingerprint density at radius 1 is 1.04 bits per heavy atom. The van der Waals surface area contributed by atoms with Crippen LogP contribution in [-0.4, -0.2) is 52.1 Å². The fraction of sp³-hybridized carbons (Fsp3) is 0.429. The van der Waals surface area contributed by atoms with E-state index in [0.717, 1.165) is 4.90 Å². The van der Waals surface area contributed by atoms with Crippen molar-refractivity contribution in [2.75, 3.05) is 6.54 Å². The molecule has 0 spiro atoms. The van der Waals surface area contributed by atoms with Crippen LogP contribution in [-0.2, 0) is 11.3 Å². The quantitative estimate of drug-likeness (QED) is 0.671. The van der Waals surface area contributed by atoms with E-state index in [1.165, 1.54) is 0 Å². The number of alkyl halides is 6. The summed E-state index contributed by atoms with van der Waals surface area (Å²) in [5.74, 6) is -2.76. The maximum atomic E-state index is 12.4. The summed E-state index contributed by atoms with van der Waals surface area (Å²) in [6.07, 6.45) is -12.2. The van der Waals surface area contributed by atoms with Crippen LogP contribution in [0.4, 0.5) is 31.1 Å². The van der Waals surface area contributed by atoms with Gasteiger partial charge in [-0.1, -0.05) is 30.3 Å². The fourth-order valence-electron chi connectivity index (χ4n) is 1.72. The number of carboxylic acid groups (broad SMARTS) is 2. The molecule has 0 radical (unpaired) electrons. The third kappa shape index (κ3) is 9.71. The Kier molecular flexibility index (Phi) is 8.90. The number of carboxylic acids is 1. The van der Waals surface area contributed by atoms with E-state index >= 15 is 0 Å². The largest absolute Gasteiger partial charge is 0.490 e. The second-order valence-corrected chi connectivity index (χ2v) is 4.91. The zero-order valence-electron chi connectivity index (χ0n) is 13.1. The van der Waals surface area contributed by atoms with Crippen molar-refractivity contribution in [1.29, 1.82) is 0 Å². The van der Waals surface area contributed by atoms with Gasteiger partial charge >= 0.3 is 24.4 Å². The highest BCUT2D eigenvalue weighted by molar-refractivity contribution is 5.73. The number of nitrogens with two attached hydrogens (primary N) is 1. The second kappa shape index (κ2) is 9.85. The minimum atomic E-state index is -5.08. The second-order valence-electron chi connectivity index (χ2n) is 4.91. The zero-order valence-corrected chi connectivity index (χ0v) is 13.1. The van der Waals surface area contributed by atoms with E-state index in [1.807, 2.05) is 0 Å². The van der Waals surface area contributed by atoms with Gasteiger partial charge in [-0.05, 0) is 5.56 Å². The Hall–Kier alpha value is -2.50. The molecule has 1 aromatic carbocycles. The van der Waals surface area contributed by atoms with Crippen molar-refractivity contribution in [3.05, 3.63) is 35.9 Å². The van der Waals surface area contributed by atoms with Crippen molar-refractivity contribution in [3.8, 4) is 0 Å². The molecule has 1 amide bonds. The normalized spacial score (nSPS) is 12.6. The molecule has 1 atom stereocenters. The van der Waals surface area contributed by atoms with E-state index < -0.39 is 36.9 Å². The molecular formula is C14H16F6N2O4. The Bertz CT molecular complexity index is 577. The van der Waals surface area contributed by atoms with Gasteiger partial charge in [-0.3, -0.25) is 4.90 Å². The summed E-state index contributed by atoms with van der Waals surface area (Å²) >= 11 is 0. The molecule has 148 valence electrons. The van der Waals surface area contributed by atoms with E-state index in [4.69, 9.17) is 20.7 Å². The summed E-state index contributed by atoms with van der Waals surface area (Å²) < 4.78 is 68.9. The molecule has 0 bridgehead atoms. The predicted octanol–water partition coefficient (Wildman–Crippen LogP) is 3.08. The van der Waals surface area contributed by atoms with Crippen LogP contribution in [0.2, 0.25) is 0 Å². The minimum Gasteiger partial charge on any atom is -0.475 e. The maximum absolute atomic E-state index is 12.4. The number of rotatable bonds is 5. The third-order valence-corrected chi connectivity index (χ3v) is 2.86. The van der Waals surface area contributed by atoms with E-state index in [2.05, 4.69) is 0 Å². The lowest BCUT2D eigenvalue weighted by atomic mass is 10.1. The molecule has 12 heteroatoms. The van der Waals surface area contributed by atoms with Gasteiger partial charge in [0, 0.05) is 13.1 Å². The predicted molar refractivity (Wildman–Crippen MR) is 77.2 cm³/mol. The zero-order chi connectivity index (χ0) is 20.5. The first-order valence-electron chi connectivity index (χ1n) is 6.88. The van der Waals surface area contributed by atoms with Crippen molar-refractivity contribution < 1.29 is 46.1 Å². The molecule has 0 saturated heterocycles. The van der Waals surface area contributed by atoms with Crippen molar-refractivity contribution in [3.63, 3.8) is 0 Å². The van der Waals surface area contributed by atoms with Crippen LogP contribution in [0.5, 0.6) is 0 Å². The van der Waals surface area contributed by atoms with Gasteiger partial charge in [-0.15, -0.1) is 0 Å². The molecule has 0 aliphatic heterocycles. The third-order valence-electron chi connectivity index (χ3n) is 2.86. The highest BCUT2D eigenvalue weighted by Crippen LogP contribution is 2.24. The van der Waals surface area contributed by atoms with Gasteiger partial charge in [0.2, 0.25) is 0 Å². The monoisotopic (exact) mass is 390 g/mol. The number of hydrogen-bond donors (Lipinski definition) is 3. The summed E-state index contributed by atoms with van der Waals surface area (Å²) in [5, 5.41) is 16.2. The van der Waals surface area contributed by atoms with E-state index in [0.29, 0.717) is 5.56 Å². The summed E-state index contributed by atoms with van der Waals surface area (Å²) in [6.45, 7) is -0.493. The number of aliphatic carboxylic acids is 1. The first kappa shape index (κ1) is 23.5. The van der Waals surface area contributed by atoms with Crippen LogP contribution in [0.1, 0.15) is 12.0 Å². The molecule has 4 N–H and O–H groups in total. The first-order valence-corrected chi connectivity index (χ1v) is 6.88. The van der Waals surface area contributed by atoms with Crippen molar-refractivity contribution in [2.24, 2.45) is 5.73 Å².